The topological polar surface area (TPSA) is 120 Å². The zero-order chi connectivity index (χ0) is 9.02. The molecule has 0 heterocycles. The van der Waals surface area contributed by atoms with Gasteiger partial charge in [-0.05, 0) is 0 Å². The van der Waals surface area contributed by atoms with Crippen molar-refractivity contribution in [2.24, 2.45) is 0 Å². The van der Waals surface area contributed by atoms with E-state index < -0.39 is 32.0 Å². The van der Waals surface area contributed by atoms with Crippen LogP contribution in [-0.2, 0) is 14.2 Å². The molecule has 0 saturated heterocycles. The van der Waals surface area contributed by atoms with Gasteiger partial charge in [0.25, 0.3) is 0 Å². The molecule has 0 spiro atoms. The maximum atomic E-state index is 10.0. The first-order valence-electron chi connectivity index (χ1n) is 2.49. The van der Waals surface area contributed by atoms with Crippen molar-refractivity contribution in [3.8, 4) is 0 Å². The Morgan fingerprint density at radius 2 is 1.50 bits per heavy atom. The molecule has 2 atom stereocenters. The van der Waals surface area contributed by atoms with E-state index in [1.54, 1.807) is 0 Å². The second-order valence-corrected chi connectivity index (χ2v) is 2.89. The van der Waals surface area contributed by atoms with Crippen molar-refractivity contribution in [1.29, 1.82) is 0 Å². The fourth-order valence-corrected chi connectivity index (χ4v) is 0.872. The van der Waals surface area contributed by atoms with Crippen molar-refractivity contribution in [3.63, 3.8) is 0 Å². The average molecular weight is 247 g/mol. The first-order valence-corrected chi connectivity index (χ1v) is 3.74. The van der Waals surface area contributed by atoms with E-state index in [9.17, 15) is 29.3 Å². The van der Waals surface area contributed by atoms with E-state index in [1.807, 2.05) is 0 Å². The van der Waals surface area contributed by atoms with E-state index >= 15 is 0 Å². The Hall–Kier alpha value is 2.00. The summed E-state index contributed by atoms with van der Waals surface area (Å²) < 4.78 is 10.0. The van der Waals surface area contributed by atoms with Gasteiger partial charge in [0.05, 0.1) is 5.97 Å². The molecule has 2 unspecified atom stereocenters. The Morgan fingerprint density at radius 3 is 1.57 bits per heavy atom. The summed E-state index contributed by atoms with van der Waals surface area (Å²) in [6, 6.07) is 0. The molecular formula is C4H3Na3O6P+. The molecule has 0 aliphatic heterocycles. The van der Waals surface area contributed by atoms with Crippen molar-refractivity contribution in [2.75, 3.05) is 0 Å². The molecule has 0 N–H and O–H groups in total. The molecule has 6 nitrogen and oxygen atoms in total. The summed E-state index contributed by atoms with van der Waals surface area (Å²) in [6.07, 6.45) is -1.07. The van der Waals surface area contributed by atoms with E-state index in [0.717, 1.165) is 0 Å². The van der Waals surface area contributed by atoms with Crippen LogP contribution in [0.2, 0.25) is 0 Å². The largest absolute Gasteiger partial charge is 1.00 e. The van der Waals surface area contributed by atoms with Crippen molar-refractivity contribution in [2.45, 2.75) is 12.1 Å². The second-order valence-electron chi connectivity index (χ2n) is 1.70. The van der Waals surface area contributed by atoms with Crippen LogP contribution in [0.1, 0.15) is 6.42 Å². The molecule has 0 aliphatic rings. The van der Waals surface area contributed by atoms with Gasteiger partial charge in [0.1, 0.15) is 0 Å². The van der Waals surface area contributed by atoms with Gasteiger partial charge in [-0.15, -0.1) is 0 Å². The Labute approximate surface area is 148 Å². The van der Waals surface area contributed by atoms with Crippen LogP contribution in [0.4, 0.5) is 0 Å². The molecule has 0 bridgehead atoms. The smallest absolute Gasteiger partial charge is 0.595 e. The Balaban J connectivity index is -0.000000167. The summed E-state index contributed by atoms with van der Waals surface area (Å²) in [5.41, 5.74) is -1.99. The van der Waals surface area contributed by atoms with Gasteiger partial charge in [-0.3, -0.25) is 0 Å². The summed E-state index contributed by atoms with van der Waals surface area (Å²) in [7, 11) is -3.32. The molecular weight excluding hydrogens is 244 g/mol. The monoisotopic (exact) mass is 247 g/mol. The normalized spacial score (nSPS) is 10.8. The van der Waals surface area contributed by atoms with Crippen molar-refractivity contribution >= 4 is 20.0 Å². The Morgan fingerprint density at radius 1 is 1.14 bits per heavy atom. The van der Waals surface area contributed by atoms with Crippen molar-refractivity contribution in [1.82, 2.24) is 0 Å². The first kappa shape index (κ1) is 25.0. The standard InChI is InChI=1S/C4H5O6P.3Na/c5-3(6)1-2(4(7)8)11(9)10;;;/h2H,1H2,(H,5,6)(H,7,8);;;/q;3*+1/p-2. The summed E-state index contributed by atoms with van der Waals surface area (Å²) in [5, 5.41) is 19.6. The van der Waals surface area contributed by atoms with Gasteiger partial charge in [-0.25, -0.2) is 0 Å². The Bertz CT molecular complexity index is 195. The summed E-state index contributed by atoms with van der Waals surface area (Å²) in [5.74, 6) is -3.66. The van der Waals surface area contributed by atoms with Gasteiger partial charge < -0.3 is 24.7 Å². The van der Waals surface area contributed by atoms with E-state index in [4.69, 9.17) is 0 Å². The second kappa shape index (κ2) is 13.1. The van der Waals surface area contributed by atoms with Crippen LogP contribution < -0.4 is 104 Å². The number of hydrogen-bond acceptors (Lipinski definition) is 6. The number of hydrogen-bond donors (Lipinski definition) is 0. The van der Waals surface area contributed by atoms with E-state index in [0.29, 0.717) is 0 Å². The van der Waals surface area contributed by atoms with Crippen molar-refractivity contribution < 1.29 is 118 Å². The van der Waals surface area contributed by atoms with Gasteiger partial charge in [0.15, 0.2) is 5.66 Å². The zero-order valence-electron chi connectivity index (χ0n) is 8.18. The molecule has 0 saturated carbocycles. The fourth-order valence-electron chi connectivity index (χ4n) is 0.402. The molecule has 0 aromatic carbocycles. The van der Waals surface area contributed by atoms with E-state index in [1.165, 1.54) is 0 Å². The number of carboxylic acids is 2. The van der Waals surface area contributed by atoms with E-state index in [2.05, 4.69) is 0 Å². The predicted molar refractivity (Wildman–Crippen MR) is 26.0 cm³/mol. The van der Waals surface area contributed by atoms with Crippen LogP contribution >= 0.6 is 8.03 Å². The summed E-state index contributed by atoms with van der Waals surface area (Å²) in [4.78, 5) is 29.6. The van der Waals surface area contributed by atoms with Gasteiger partial charge in [0.2, 0.25) is 0 Å². The fraction of sp³-hybridized carbons (Fsp3) is 0.500. The molecule has 14 heavy (non-hydrogen) atoms. The van der Waals surface area contributed by atoms with E-state index in [-0.39, 0.29) is 88.7 Å². The molecule has 0 aromatic heterocycles. The predicted octanol–water partition coefficient (Wildman–Crippen LogP) is -12.6. The zero-order valence-corrected chi connectivity index (χ0v) is 15.1. The summed E-state index contributed by atoms with van der Waals surface area (Å²) >= 11 is 0. The SMILES string of the molecule is O=C([O-])CC(C(=O)[O-])[P+](=O)[O-].[Na+].[Na+].[Na+]. The number of carbonyl (C=O) groups is 2. The number of carbonyl (C=O) groups excluding carboxylic acids is 2. The molecule has 62 valence electrons. The van der Waals surface area contributed by atoms with Crippen LogP contribution in [-0.4, -0.2) is 17.6 Å². The van der Waals surface area contributed by atoms with Crippen molar-refractivity contribution in [3.05, 3.63) is 0 Å². The number of carboxylic acid groups (broad SMARTS) is 2. The minimum atomic E-state index is -3.32. The molecule has 10 heteroatoms. The Kier molecular flexibility index (Phi) is 23.3. The number of aliphatic carboxylic acids is 2. The van der Waals surface area contributed by atoms with Gasteiger partial charge in [0, 0.05) is 12.4 Å². The van der Waals surface area contributed by atoms with Gasteiger partial charge in [-0.1, -0.05) is 4.57 Å². The maximum Gasteiger partial charge on any atom is 1.00 e. The minimum absolute atomic E-state index is 0. The van der Waals surface area contributed by atoms with Crippen LogP contribution in [0.15, 0.2) is 0 Å². The quantitative estimate of drug-likeness (QED) is 0.359. The molecule has 0 fully saturated rings. The summed E-state index contributed by atoms with van der Waals surface area (Å²) in [6.45, 7) is 0. The molecule has 0 amide bonds. The third-order valence-corrected chi connectivity index (χ3v) is 1.79. The number of rotatable bonds is 4. The first-order chi connectivity index (χ1) is 4.95. The van der Waals surface area contributed by atoms with Gasteiger partial charge >= 0.3 is 96.7 Å². The average Bonchev–Trinajstić information content (AvgIpc) is 1.81. The molecule has 0 aliphatic carbocycles. The van der Waals surface area contributed by atoms with Crippen LogP contribution in [0.5, 0.6) is 0 Å². The third-order valence-electron chi connectivity index (χ3n) is 0.887. The van der Waals surface area contributed by atoms with Crippen LogP contribution in [0.3, 0.4) is 0 Å². The molecule has 0 rings (SSSR count). The maximum absolute atomic E-state index is 10.0. The molecule has 0 aromatic rings. The van der Waals surface area contributed by atoms with Crippen LogP contribution in [0, 0.1) is 0 Å². The minimum Gasteiger partial charge on any atom is -0.595 e. The van der Waals surface area contributed by atoms with Gasteiger partial charge in [-0.2, -0.15) is 0 Å². The third kappa shape index (κ3) is 12.1. The molecule has 0 radical (unpaired) electrons. The van der Waals surface area contributed by atoms with Crippen LogP contribution in [0.25, 0.3) is 0 Å².